The van der Waals surface area contributed by atoms with Crippen molar-refractivity contribution in [1.82, 2.24) is 9.78 Å². The largest absolute Gasteiger partial charge is 0.381 e. The molecule has 1 aliphatic carbocycles. The number of nitrogens with zero attached hydrogens (tertiary/aromatic N) is 3. The van der Waals surface area contributed by atoms with Crippen LogP contribution in [0.3, 0.4) is 0 Å². The quantitative estimate of drug-likeness (QED) is 0.748. The van der Waals surface area contributed by atoms with E-state index in [1.165, 1.54) is 61.8 Å². The second kappa shape index (κ2) is 6.97. The Hall–Kier alpha value is -1.81. The first-order valence-corrected chi connectivity index (χ1v) is 10.7. The maximum atomic E-state index is 5.36. The van der Waals surface area contributed by atoms with Crippen molar-refractivity contribution in [1.29, 1.82) is 0 Å². The zero-order chi connectivity index (χ0) is 18.4. The molecule has 2 fully saturated rings. The van der Waals surface area contributed by atoms with Crippen molar-refractivity contribution in [3.63, 3.8) is 0 Å². The molecule has 5 rings (SSSR count). The molecule has 27 heavy (non-hydrogen) atoms. The molecular weight excluding hydrogens is 334 g/mol. The van der Waals surface area contributed by atoms with Gasteiger partial charge in [-0.15, -0.1) is 0 Å². The van der Waals surface area contributed by atoms with E-state index in [4.69, 9.17) is 4.74 Å². The van der Waals surface area contributed by atoms with Gasteiger partial charge in [-0.3, -0.25) is 4.68 Å². The maximum absolute atomic E-state index is 5.36. The minimum Gasteiger partial charge on any atom is -0.381 e. The summed E-state index contributed by atoms with van der Waals surface area (Å²) in [5.41, 5.74) is 7.30. The normalized spacial score (nSPS) is 22.6. The summed E-state index contributed by atoms with van der Waals surface area (Å²) < 4.78 is 7.54. The topological polar surface area (TPSA) is 30.3 Å². The molecule has 2 aliphatic heterocycles. The van der Waals surface area contributed by atoms with Crippen LogP contribution < -0.4 is 4.90 Å². The highest BCUT2D eigenvalue weighted by Crippen LogP contribution is 2.40. The van der Waals surface area contributed by atoms with Crippen LogP contribution in [0.25, 0.3) is 11.1 Å². The third-order valence-corrected chi connectivity index (χ3v) is 6.84. The molecule has 1 aromatic carbocycles. The summed E-state index contributed by atoms with van der Waals surface area (Å²) in [7, 11) is 2.25. The van der Waals surface area contributed by atoms with Crippen molar-refractivity contribution in [3.8, 4) is 11.1 Å². The lowest BCUT2D eigenvalue weighted by Gasteiger charge is -2.36. The summed E-state index contributed by atoms with van der Waals surface area (Å²) >= 11 is 0. The van der Waals surface area contributed by atoms with Gasteiger partial charge in [0.2, 0.25) is 0 Å². The molecule has 1 atom stereocenters. The molecule has 0 N–H and O–H groups in total. The van der Waals surface area contributed by atoms with Gasteiger partial charge < -0.3 is 9.64 Å². The maximum Gasteiger partial charge on any atom is 0.0568 e. The molecule has 1 unspecified atom stereocenters. The molecule has 0 spiro atoms. The molecule has 1 saturated carbocycles. The average molecular weight is 366 g/mol. The van der Waals surface area contributed by atoms with E-state index in [0.29, 0.717) is 12.1 Å². The summed E-state index contributed by atoms with van der Waals surface area (Å²) in [4.78, 5) is 2.47. The summed E-state index contributed by atoms with van der Waals surface area (Å²) in [5.74, 6) is 0.785. The first kappa shape index (κ1) is 17.3. The predicted molar refractivity (Wildman–Crippen MR) is 109 cm³/mol. The fraction of sp³-hybridized carbons (Fsp3) is 0.609. The molecule has 2 aromatic rings. The van der Waals surface area contributed by atoms with Crippen LogP contribution in [0.4, 0.5) is 5.69 Å². The standard InChI is InChI=1S/C23H31N3O/c1-16-6-9-22-21(5-3-4-17-14-27-15-17)20(10-11-23(22)25(16)2)18-12-24-26(13-18)19-7-8-19/h10-13,16-17,19H,3-9,14-15H2,1-2H3. The minimum absolute atomic E-state index is 0.626. The first-order chi connectivity index (χ1) is 13.2. The van der Waals surface area contributed by atoms with Crippen LogP contribution in [0.15, 0.2) is 24.5 Å². The predicted octanol–water partition coefficient (Wildman–Crippen LogP) is 4.63. The lowest BCUT2D eigenvalue weighted by Crippen LogP contribution is -2.34. The van der Waals surface area contributed by atoms with E-state index < -0.39 is 0 Å². The fourth-order valence-electron chi connectivity index (χ4n) is 4.66. The Kier molecular flexibility index (Phi) is 4.47. The van der Waals surface area contributed by atoms with E-state index in [-0.39, 0.29) is 0 Å². The van der Waals surface area contributed by atoms with E-state index in [0.717, 1.165) is 19.1 Å². The van der Waals surface area contributed by atoms with E-state index in [2.05, 4.69) is 53.2 Å². The van der Waals surface area contributed by atoms with Crippen LogP contribution in [-0.4, -0.2) is 36.1 Å². The molecule has 4 nitrogen and oxygen atoms in total. The van der Waals surface area contributed by atoms with Gasteiger partial charge in [-0.1, -0.05) is 6.07 Å². The third kappa shape index (κ3) is 3.29. The molecule has 4 heteroatoms. The summed E-state index contributed by atoms with van der Waals surface area (Å²) in [6, 6.07) is 5.97. The van der Waals surface area contributed by atoms with E-state index in [9.17, 15) is 0 Å². The van der Waals surface area contributed by atoms with Gasteiger partial charge >= 0.3 is 0 Å². The molecular formula is C23H31N3O. The Morgan fingerprint density at radius 1 is 1.19 bits per heavy atom. The van der Waals surface area contributed by atoms with Gasteiger partial charge in [0.05, 0.1) is 25.5 Å². The second-order valence-corrected chi connectivity index (χ2v) is 8.82. The average Bonchev–Trinajstić information content (AvgIpc) is 3.37. The highest BCUT2D eigenvalue weighted by atomic mass is 16.5. The van der Waals surface area contributed by atoms with Gasteiger partial charge in [0.25, 0.3) is 0 Å². The molecule has 3 heterocycles. The van der Waals surface area contributed by atoms with E-state index in [1.807, 2.05) is 0 Å². The van der Waals surface area contributed by atoms with Crippen molar-refractivity contribution in [2.45, 2.75) is 64.0 Å². The highest BCUT2D eigenvalue weighted by molar-refractivity contribution is 5.74. The molecule has 3 aliphatic rings. The molecule has 1 saturated heterocycles. The smallest absolute Gasteiger partial charge is 0.0568 e. The summed E-state index contributed by atoms with van der Waals surface area (Å²) in [5, 5.41) is 4.66. The SMILES string of the molecule is CC1CCc2c(ccc(-c3cnn(C4CC4)c3)c2CCCC2COC2)N1C. The lowest BCUT2D eigenvalue weighted by molar-refractivity contribution is -0.0361. The zero-order valence-corrected chi connectivity index (χ0v) is 16.7. The number of aromatic nitrogens is 2. The first-order valence-electron chi connectivity index (χ1n) is 10.7. The fourth-order valence-corrected chi connectivity index (χ4v) is 4.66. The number of fused-ring (bicyclic) bond motifs is 1. The van der Waals surface area contributed by atoms with Gasteiger partial charge in [-0.05, 0) is 74.6 Å². The van der Waals surface area contributed by atoms with Crippen molar-refractivity contribution >= 4 is 5.69 Å². The Labute approximate surface area is 162 Å². The van der Waals surface area contributed by atoms with Crippen LogP contribution in [0.2, 0.25) is 0 Å². The molecule has 1 aromatic heterocycles. The van der Waals surface area contributed by atoms with E-state index in [1.54, 1.807) is 11.1 Å². The van der Waals surface area contributed by atoms with Gasteiger partial charge in [0, 0.05) is 36.5 Å². The Morgan fingerprint density at radius 2 is 2.04 bits per heavy atom. The van der Waals surface area contributed by atoms with Crippen LogP contribution in [-0.2, 0) is 17.6 Å². The monoisotopic (exact) mass is 365 g/mol. The summed E-state index contributed by atoms with van der Waals surface area (Å²) in [6.45, 7) is 4.27. The highest BCUT2D eigenvalue weighted by Gasteiger charge is 2.27. The van der Waals surface area contributed by atoms with Crippen molar-refractivity contribution in [2.75, 3.05) is 25.2 Å². The number of benzene rings is 1. The van der Waals surface area contributed by atoms with E-state index >= 15 is 0 Å². The van der Waals surface area contributed by atoms with Gasteiger partial charge in [0.1, 0.15) is 0 Å². The number of anilines is 1. The van der Waals surface area contributed by atoms with Crippen molar-refractivity contribution < 1.29 is 4.74 Å². The second-order valence-electron chi connectivity index (χ2n) is 8.82. The lowest BCUT2D eigenvalue weighted by atomic mass is 9.85. The van der Waals surface area contributed by atoms with Crippen molar-refractivity contribution in [3.05, 3.63) is 35.7 Å². The number of hydrogen-bond donors (Lipinski definition) is 0. The number of ether oxygens (including phenoxy) is 1. The third-order valence-electron chi connectivity index (χ3n) is 6.84. The zero-order valence-electron chi connectivity index (χ0n) is 16.7. The van der Waals surface area contributed by atoms with Gasteiger partial charge in [-0.2, -0.15) is 5.10 Å². The Bertz CT molecular complexity index is 819. The molecule has 144 valence electrons. The summed E-state index contributed by atoms with van der Waals surface area (Å²) in [6.07, 6.45) is 13.1. The van der Waals surface area contributed by atoms with Gasteiger partial charge in [0.15, 0.2) is 0 Å². The number of hydrogen-bond acceptors (Lipinski definition) is 3. The number of rotatable bonds is 6. The minimum atomic E-state index is 0.626. The molecule has 0 radical (unpaired) electrons. The Morgan fingerprint density at radius 3 is 2.78 bits per heavy atom. The van der Waals surface area contributed by atoms with Crippen LogP contribution in [0.1, 0.15) is 56.2 Å². The van der Waals surface area contributed by atoms with Gasteiger partial charge in [-0.25, -0.2) is 0 Å². The van der Waals surface area contributed by atoms with Crippen LogP contribution in [0, 0.1) is 5.92 Å². The van der Waals surface area contributed by atoms with Crippen LogP contribution in [0.5, 0.6) is 0 Å². The molecule has 0 bridgehead atoms. The van der Waals surface area contributed by atoms with Crippen molar-refractivity contribution in [2.24, 2.45) is 5.92 Å². The Balaban J connectivity index is 1.48. The molecule has 0 amide bonds. The van der Waals surface area contributed by atoms with Crippen LogP contribution >= 0.6 is 0 Å².